The third kappa shape index (κ3) is 2.60. The van der Waals surface area contributed by atoms with Gasteiger partial charge < -0.3 is 4.57 Å². The first-order valence-electron chi connectivity index (χ1n) is 6.24. The van der Waals surface area contributed by atoms with Crippen molar-refractivity contribution in [2.24, 2.45) is 7.05 Å². The summed E-state index contributed by atoms with van der Waals surface area (Å²) < 4.78 is 1.81. The molecule has 6 heteroatoms. The second-order valence-corrected chi connectivity index (χ2v) is 5.41. The lowest BCUT2D eigenvalue weighted by Crippen LogP contribution is -2.15. The fourth-order valence-electron chi connectivity index (χ4n) is 2.10. The summed E-state index contributed by atoms with van der Waals surface area (Å²) in [5.41, 5.74) is 2.06. The number of rotatable bonds is 2. The van der Waals surface area contributed by atoms with Crippen LogP contribution in [0.15, 0.2) is 42.5 Å². The zero-order valence-electron chi connectivity index (χ0n) is 11.1. The van der Waals surface area contributed by atoms with Gasteiger partial charge >= 0.3 is 0 Å². The van der Waals surface area contributed by atoms with Crippen LogP contribution in [0.3, 0.4) is 0 Å². The van der Waals surface area contributed by atoms with Crippen molar-refractivity contribution in [3.63, 3.8) is 0 Å². The van der Waals surface area contributed by atoms with Gasteiger partial charge in [-0.2, -0.15) is 0 Å². The van der Waals surface area contributed by atoms with Crippen molar-refractivity contribution in [2.45, 2.75) is 0 Å². The first-order chi connectivity index (χ1) is 10.1. The fraction of sp³-hybridized carbons (Fsp3) is 0.0667. The number of anilines is 1. The van der Waals surface area contributed by atoms with E-state index >= 15 is 0 Å². The van der Waals surface area contributed by atoms with E-state index in [4.69, 9.17) is 23.2 Å². The summed E-state index contributed by atoms with van der Waals surface area (Å²) in [7, 11) is 1.84. The number of amides is 1. The first-order valence-corrected chi connectivity index (χ1v) is 7.00. The number of imidazole rings is 1. The van der Waals surface area contributed by atoms with Gasteiger partial charge in [0.15, 0.2) is 0 Å². The lowest BCUT2D eigenvalue weighted by molar-refractivity contribution is 0.102. The normalized spacial score (nSPS) is 10.8. The number of benzene rings is 2. The average molecular weight is 320 g/mol. The van der Waals surface area contributed by atoms with Gasteiger partial charge in [-0.25, -0.2) is 4.98 Å². The van der Waals surface area contributed by atoms with E-state index in [0.717, 1.165) is 11.0 Å². The molecule has 2 aromatic carbocycles. The molecule has 0 spiro atoms. The predicted molar refractivity (Wildman–Crippen MR) is 85.1 cm³/mol. The molecule has 106 valence electrons. The van der Waals surface area contributed by atoms with Crippen LogP contribution in [0.5, 0.6) is 0 Å². The van der Waals surface area contributed by atoms with Crippen molar-refractivity contribution in [3.8, 4) is 0 Å². The van der Waals surface area contributed by atoms with Crippen LogP contribution in [0.2, 0.25) is 10.0 Å². The Morgan fingerprint density at radius 1 is 1.19 bits per heavy atom. The molecule has 0 atom stereocenters. The lowest BCUT2D eigenvalue weighted by Gasteiger charge is -2.07. The van der Waals surface area contributed by atoms with E-state index in [0.29, 0.717) is 21.6 Å². The fourth-order valence-corrected chi connectivity index (χ4v) is 2.47. The predicted octanol–water partition coefficient (Wildman–Crippen LogP) is 4.13. The maximum atomic E-state index is 12.3. The van der Waals surface area contributed by atoms with Gasteiger partial charge in [-0.1, -0.05) is 35.3 Å². The van der Waals surface area contributed by atoms with E-state index in [2.05, 4.69) is 10.3 Å². The van der Waals surface area contributed by atoms with Gasteiger partial charge in [-0.3, -0.25) is 10.1 Å². The number of aryl methyl sites for hydroxylation is 1. The molecule has 0 saturated carbocycles. The smallest absolute Gasteiger partial charge is 0.259 e. The molecule has 0 bridgehead atoms. The molecule has 0 aliphatic carbocycles. The minimum atomic E-state index is -0.346. The molecule has 0 fully saturated rings. The number of fused-ring (bicyclic) bond motifs is 1. The van der Waals surface area contributed by atoms with E-state index in [-0.39, 0.29) is 5.91 Å². The number of halogens is 2. The summed E-state index contributed by atoms with van der Waals surface area (Å²) in [5, 5.41) is 3.55. The Morgan fingerprint density at radius 2 is 1.95 bits per heavy atom. The molecule has 0 aliphatic rings. The van der Waals surface area contributed by atoms with Gasteiger partial charge in [0, 0.05) is 12.1 Å². The van der Waals surface area contributed by atoms with Crippen LogP contribution in [0.4, 0.5) is 5.95 Å². The highest BCUT2D eigenvalue weighted by Crippen LogP contribution is 2.23. The lowest BCUT2D eigenvalue weighted by atomic mass is 10.2. The second kappa shape index (κ2) is 5.39. The molecule has 0 unspecified atom stereocenters. The van der Waals surface area contributed by atoms with Gasteiger partial charge in [0.25, 0.3) is 5.91 Å². The Morgan fingerprint density at radius 3 is 2.71 bits per heavy atom. The number of carbonyl (C=O) groups is 1. The maximum absolute atomic E-state index is 12.3. The molecule has 1 N–H and O–H groups in total. The maximum Gasteiger partial charge on any atom is 0.259 e. The number of aromatic nitrogens is 2. The zero-order chi connectivity index (χ0) is 15.0. The van der Waals surface area contributed by atoms with Gasteiger partial charge in [-0.05, 0) is 30.3 Å². The number of hydrogen-bond acceptors (Lipinski definition) is 2. The standard InChI is InChI=1S/C15H11Cl2N3O/c1-20-13-5-3-2-4-12(13)18-15(20)19-14(21)10-8-9(16)6-7-11(10)17/h2-8H,1H3,(H,18,19,21). The third-order valence-corrected chi connectivity index (χ3v) is 3.75. The number of nitrogens with one attached hydrogen (secondary N) is 1. The van der Waals surface area contributed by atoms with Crippen LogP contribution < -0.4 is 5.32 Å². The molecule has 4 nitrogen and oxygen atoms in total. The van der Waals surface area contributed by atoms with Crippen LogP contribution in [0.25, 0.3) is 11.0 Å². The number of hydrogen-bond donors (Lipinski definition) is 1. The molecule has 1 amide bonds. The molecule has 0 aliphatic heterocycles. The van der Waals surface area contributed by atoms with Crippen molar-refractivity contribution >= 4 is 46.1 Å². The molecule has 3 aromatic rings. The third-order valence-electron chi connectivity index (χ3n) is 3.19. The van der Waals surface area contributed by atoms with Crippen molar-refractivity contribution < 1.29 is 4.79 Å². The molecule has 0 saturated heterocycles. The highest BCUT2D eigenvalue weighted by atomic mass is 35.5. The molecule has 1 aromatic heterocycles. The van der Waals surface area contributed by atoms with Crippen molar-refractivity contribution in [1.82, 2.24) is 9.55 Å². The number of nitrogens with zero attached hydrogens (tertiary/aromatic N) is 2. The molecular formula is C15H11Cl2N3O. The summed E-state index contributed by atoms with van der Waals surface area (Å²) in [5.74, 6) is 0.109. The Balaban J connectivity index is 1.96. The monoisotopic (exact) mass is 319 g/mol. The molecule has 3 rings (SSSR count). The average Bonchev–Trinajstić information content (AvgIpc) is 2.78. The summed E-state index contributed by atoms with van der Waals surface area (Å²) in [6.45, 7) is 0. The summed E-state index contributed by atoms with van der Waals surface area (Å²) >= 11 is 11.9. The highest BCUT2D eigenvalue weighted by molar-refractivity contribution is 6.36. The Kier molecular flexibility index (Phi) is 3.57. The van der Waals surface area contributed by atoms with Crippen molar-refractivity contribution in [2.75, 3.05) is 5.32 Å². The van der Waals surface area contributed by atoms with Crippen LogP contribution >= 0.6 is 23.2 Å². The van der Waals surface area contributed by atoms with Gasteiger partial charge in [-0.15, -0.1) is 0 Å². The summed E-state index contributed by atoms with van der Waals surface area (Å²) in [6.07, 6.45) is 0. The molecule has 21 heavy (non-hydrogen) atoms. The minimum Gasteiger partial charge on any atom is -0.313 e. The molecule has 0 radical (unpaired) electrons. The minimum absolute atomic E-state index is 0.316. The zero-order valence-corrected chi connectivity index (χ0v) is 12.6. The van der Waals surface area contributed by atoms with Crippen molar-refractivity contribution in [1.29, 1.82) is 0 Å². The molecular weight excluding hydrogens is 309 g/mol. The van der Waals surface area contributed by atoms with Gasteiger partial charge in [0.2, 0.25) is 5.95 Å². The SMILES string of the molecule is Cn1c(NC(=O)c2cc(Cl)ccc2Cl)nc2ccccc21. The van der Waals surface area contributed by atoms with E-state index in [9.17, 15) is 4.79 Å². The van der Waals surface area contributed by atoms with Crippen LogP contribution in [0.1, 0.15) is 10.4 Å². The Labute approximate surface area is 131 Å². The highest BCUT2D eigenvalue weighted by Gasteiger charge is 2.15. The number of carbonyl (C=O) groups excluding carboxylic acids is 1. The van der Waals surface area contributed by atoms with Crippen LogP contribution in [-0.2, 0) is 7.05 Å². The van der Waals surface area contributed by atoms with Crippen LogP contribution in [-0.4, -0.2) is 15.5 Å². The quantitative estimate of drug-likeness (QED) is 0.771. The molecule has 1 heterocycles. The van der Waals surface area contributed by atoms with E-state index in [1.54, 1.807) is 12.1 Å². The summed E-state index contributed by atoms with van der Waals surface area (Å²) in [4.78, 5) is 16.7. The van der Waals surface area contributed by atoms with Crippen LogP contribution in [0, 0.1) is 0 Å². The Bertz CT molecular complexity index is 842. The topological polar surface area (TPSA) is 46.9 Å². The van der Waals surface area contributed by atoms with Gasteiger partial charge in [0.1, 0.15) is 0 Å². The summed E-state index contributed by atoms with van der Waals surface area (Å²) in [6, 6.07) is 12.4. The second-order valence-electron chi connectivity index (χ2n) is 4.56. The van der Waals surface area contributed by atoms with E-state index in [1.807, 2.05) is 35.9 Å². The largest absolute Gasteiger partial charge is 0.313 e. The van der Waals surface area contributed by atoms with E-state index < -0.39 is 0 Å². The van der Waals surface area contributed by atoms with Gasteiger partial charge in [0.05, 0.1) is 21.6 Å². The van der Waals surface area contributed by atoms with Crippen molar-refractivity contribution in [3.05, 3.63) is 58.1 Å². The van der Waals surface area contributed by atoms with E-state index in [1.165, 1.54) is 6.07 Å². The Hall–Kier alpha value is -2.04. The first kappa shape index (κ1) is 13.9. The number of para-hydroxylation sites is 2.